The van der Waals surface area contributed by atoms with Crippen LogP contribution in [0.3, 0.4) is 0 Å². The summed E-state index contributed by atoms with van der Waals surface area (Å²) in [5.41, 5.74) is 0.568. The molecule has 1 heterocycles. The molecular weight excluding hydrogens is 262 g/mol. The van der Waals surface area contributed by atoms with E-state index in [1.54, 1.807) is 7.11 Å². The van der Waals surface area contributed by atoms with Gasteiger partial charge in [0.2, 0.25) is 0 Å². The zero-order valence-electron chi connectivity index (χ0n) is 12.2. The van der Waals surface area contributed by atoms with Crippen molar-refractivity contribution in [3.8, 4) is 5.75 Å². The Morgan fingerprint density at radius 2 is 2.00 bits per heavy atom. The van der Waals surface area contributed by atoms with Crippen LogP contribution in [0.4, 0.5) is 5.69 Å². The van der Waals surface area contributed by atoms with E-state index in [1.807, 2.05) is 18.2 Å². The van der Waals surface area contributed by atoms with E-state index in [0.717, 1.165) is 17.9 Å². The van der Waals surface area contributed by atoms with Crippen molar-refractivity contribution < 1.29 is 9.47 Å². The maximum atomic E-state index is 6.09. The summed E-state index contributed by atoms with van der Waals surface area (Å²) >= 11 is 6.06. The summed E-state index contributed by atoms with van der Waals surface area (Å²) in [6.45, 7) is 8.45. The molecule has 0 aliphatic carbocycles. The van der Waals surface area contributed by atoms with Gasteiger partial charge in [-0.05, 0) is 52.3 Å². The second kappa shape index (κ2) is 4.88. The van der Waals surface area contributed by atoms with Crippen LogP contribution in [0.25, 0.3) is 0 Å². The van der Waals surface area contributed by atoms with Gasteiger partial charge in [-0.25, -0.2) is 0 Å². The van der Waals surface area contributed by atoms with Crippen LogP contribution in [0.5, 0.6) is 5.75 Å². The van der Waals surface area contributed by atoms with Gasteiger partial charge in [0.05, 0.1) is 30.0 Å². The molecule has 1 atom stereocenters. The minimum atomic E-state index is -0.225. The molecule has 1 aliphatic heterocycles. The first-order valence-electron chi connectivity index (χ1n) is 6.54. The molecule has 1 fully saturated rings. The number of anilines is 1. The fourth-order valence-electron chi connectivity index (χ4n) is 2.77. The van der Waals surface area contributed by atoms with Crippen molar-refractivity contribution in [2.75, 3.05) is 12.4 Å². The van der Waals surface area contributed by atoms with Crippen LogP contribution in [-0.2, 0) is 4.74 Å². The second-order valence-electron chi connectivity index (χ2n) is 6.21. The average molecular weight is 284 g/mol. The molecule has 19 heavy (non-hydrogen) atoms. The molecule has 1 unspecified atom stereocenters. The Kier molecular flexibility index (Phi) is 3.72. The number of ether oxygens (including phenoxy) is 2. The molecule has 1 aromatic carbocycles. The minimum absolute atomic E-state index is 0.118. The van der Waals surface area contributed by atoms with Crippen LogP contribution in [0.15, 0.2) is 18.2 Å². The van der Waals surface area contributed by atoms with E-state index in [0.29, 0.717) is 5.02 Å². The zero-order valence-corrected chi connectivity index (χ0v) is 13.0. The first kappa shape index (κ1) is 14.5. The molecule has 1 saturated heterocycles. The van der Waals surface area contributed by atoms with Crippen molar-refractivity contribution in [2.45, 2.75) is 51.4 Å². The Labute approximate surface area is 120 Å². The third-order valence-electron chi connectivity index (χ3n) is 3.57. The highest BCUT2D eigenvalue weighted by Crippen LogP contribution is 2.40. The average Bonchev–Trinajstić information content (AvgIpc) is 2.47. The molecule has 1 aliphatic rings. The maximum absolute atomic E-state index is 6.09. The van der Waals surface area contributed by atoms with Gasteiger partial charge in [-0.1, -0.05) is 11.6 Å². The first-order chi connectivity index (χ1) is 8.73. The van der Waals surface area contributed by atoms with E-state index in [2.05, 4.69) is 33.0 Å². The van der Waals surface area contributed by atoms with Gasteiger partial charge in [0.1, 0.15) is 5.75 Å². The van der Waals surface area contributed by atoms with Crippen LogP contribution >= 0.6 is 11.6 Å². The summed E-state index contributed by atoms with van der Waals surface area (Å²) in [5, 5.41) is 4.21. The molecule has 0 spiro atoms. The summed E-state index contributed by atoms with van der Waals surface area (Å²) in [6, 6.07) is 5.81. The summed E-state index contributed by atoms with van der Waals surface area (Å²) < 4.78 is 11.5. The van der Waals surface area contributed by atoms with Crippen molar-refractivity contribution in [3.63, 3.8) is 0 Å². The van der Waals surface area contributed by atoms with Crippen LogP contribution in [0.2, 0.25) is 5.02 Å². The van der Waals surface area contributed by atoms with Crippen molar-refractivity contribution in [1.29, 1.82) is 0 Å². The molecular formula is C15H22ClNO2. The molecule has 2 rings (SSSR count). The van der Waals surface area contributed by atoms with Crippen LogP contribution in [0.1, 0.15) is 34.1 Å². The molecule has 3 nitrogen and oxygen atoms in total. The summed E-state index contributed by atoms with van der Waals surface area (Å²) in [6.07, 6.45) is 0.940. The summed E-state index contributed by atoms with van der Waals surface area (Å²) in [4.78, 5) is 0. The highest BCUT2D eigenvalue weighted by atomic mass is 35.5. The van der Waals surface area contributed by atoms with E-state index in [-0.39, 0.29) is 17.2 Å². The zero-order chi connectivity index (χ0) is 14.3. The molecule has 0 aromatic heterocycles. The summed E-state index contributed by atoms with van der Waals surface area (Å²) in [7, 11) is 1.66. The lowest BCUT2D eigenvalue weighted by atomic mass is 9.94. The molecule has 0 amide bonds. The molecule has 0 saturated carbocycles. The van der Waals surface area contributed by atoms with Crippen LogP contribution in [-0.4, -0.2) is 24.4 Å². The van der Waals surface area contributed by atoms with Gasteiger partial charge in [-0.2, -0.15) is 0 Å². The van der Waals surface area contributed by atoms with E-state index in [9.17, 15) is 0 Å². The van der Waals surface area contributed by atoms with E-state index in [1.165, 1.54) is 0 Å². The van der Waals surface area contributed by atoms with Gasteiger partial charge < -0.3 is 14.8 Å². The second-order valence-corrected chi connectivity index (χ2v) is 6.65. The molecule has 1 aromatic rings. The Morgan fingerprint density at radius 1 is 1.32 bits per heavy atom. The fraction of sp³-hybridized carbons (Fsp3) is 0.600. The van der Waals surface area contributed by atoms with Gasteiger partial charge in [0.25, 0.3) is 0 Å². The molecule has 4 heteroatoms. The number of nitrogens with one attached hydrogen (secondary N) is 1. The van der Waals surface area contributed by atoms with Crippen LogP contribution in [0, 0.1) is 0 Å². The van der Waals surface area contributed by atoms with Crippen molar-refractivity contribution in [1.82, 2.24) is 0 Å². The Bertz CT molecular complexity index is 471. The quantitative estimate of drug-likeness (QED) is 0.906. The number of benzene rings is 1. The van der Waals surface area contributed by atoms with E-state index < -0.39 is 0 Å². The molecule has 1 N–H and O–H groups in total. The number of rotatable bonds is 3. The van der Waals surface area contributed by atoms with Gasteiger partial charge >= 0.3 is 0 Å². The van der Waals surface area contributed by atoms with Crippen LogP contribution < -0.4 is 10.1 Å². The van der Waals surface area contributed by atoms with E-state index >= 15 is 0 Å². The highest BCUT2D eigenvalue weighted by Gasteiger charge is 2.46. The van der Waals surface area contributed by atoms with Gasteiger partial charge in [0, 0.05) is 5.02 Å². The summed E-state index contributed by atoms with van der Waals surface area (Å²) in [5.74, 6) is 0.796. The normalized spacial score (nSPS) is 24.2. The predicted molar refractivity (Wildman–Crippen MR) is 79.3 cm³/mol. The number of halogens is 1. The molecule has 0 radical (unpaired) electrons. The largest absolute Gasteiger partial charge is 0.495 e. The van der Waals surface area contributed by atoms with Gasteiger partial charge in [-0.3, -0.25) is 0 Å². The Hall–Kier alpha value is -0.930. The lowest BCUT2D eigenvalue weighted by Crippen LogP contribution is -2.38. The lowest BCUT2D eigenvalue weighted by Gasteiger charge is -2.28. The Morgan fingerprint density at radius 3 is 2.53 bits per heavy atom. The molecule has 0 bridgehead atoms. The third kappa shape index (κ3) is 3.15. The fourth-order valence-corrected chi connectivity index (χ4v) is 2.94. The highest BCUT2D eigenvalue weighted by molar-refractivity contribution is 6.30. The van der Waals surface area contributed by atoms with Crippen molar-refractivity contribution in [3.05, 3.63) is 23.2 Å². The number of methoxy groups -OCH3 is 1. The molecule has 106 valence electrons. The van der Waals surface area contributed by atoms with Gasteiger partial charge in [0.15, 0.2) is 0 Å². The first-order valence-corrected chi connectivity index (χ1v) is 6.91. The van der Waals surface area contributed by atoms with Gasteiger partial charge in [-0.15, -0.1) is 0 Å². The monoisotopic (exact) mass is 283 g/mol. The number of hydrogen-bond acceptors (Lipinski definition) is 3. The Balaban J connectivity index is 2.24. The topological polar surface area (TPSA) is 30.5 Å². The lowest BCUT2D eigenvalue weighted by molar-refractivity contribution is -0.0662. The van der Waals surface area contributed by atoms with Crippen molar-refractivity contribution in [2.24, 2.45) is 0 Å². The number of hydrogen-bond donors (Lipinski definition) is 1. The predicted octanol–water partition coefficient (Wildman–Crippen LogP) is 4.11. The van der Waals surface area contributed by atoms with Crippen molar-refractivity contribution >= 4 is 17.3 Å². The smallest absolute Gasteiger partial charge is 0.142 e. The SMILES string of the molecule is COc1ccc(Cl)cc1NC1CC(C)(C)OC1(C)C. The van der Waals surface area contributed by atoms with E-state index in [4.69, 9.17) is 21.1 Å². The third-order valence-corrected chi connectivity index (χ3v) is 3.80. The maximum Gasteiger partial charge on any atom is 0.142 e. The minimum Gasteiger partial charge on any atom is -0.495 e. The standard InChI is InChI=1S/C15H22ClNO2/c1-14(2)9-13(15(3,4)19-14)17-11-8-10(16)6-7-12(11)18-5/h6-8,13,17H,9H2,1-5H3.